The summed E-state index contributed by atoms with van der Waals surface area (Å²) in [5, 5.41) is 12.7. The maximum absolute atomic E-state index is 12.8. The molecule has 2 saturated carbocycles. The van der Waals surface area contributed by atoms with Gasteiger partial charge in [-0.05, 0) is 32.6 Å². The first-order valence-electron chi connectivity index (χ1n) is 10.4. The molecule has 0 bridgehead atoms. The molecule has 1 heterocycles. The molecule has 150 valence electrons. The van der Waals surface area contributed by atoms with Crippen LogP contribution < -0.4 is 5.32 Å². The van der Waals surface area contributed by atoms with Crippen molar-refractivity contribution in [3.8, 4) is 6.07 Å². The van der Waals surface area contributed by atoms with Crippen molar-refractivity contribution in [3.05, 3.63) is 0 Å². The SMILES string of the molecule is CC(C(=O)NC1CC1)N1CCN(CC(=O)N(C)C2(C#N)CCCCC2)CC1. The van der Waals surface area contributed by atoms with Crippen LogP contribution in [0.25, 0.3) is 0 Å². The molecule has 7 nitrogen and oxygen atoms in total. The van der Waals surface area contributed by atoms with Crippen molar-refractivity contribution in [2.75, 3.05) is 39.8 Å². The van der Waals surface area contributed by atoms with Crippen LogP contribution in [0.5, 0.6) is 0 Å². The van der Waals surface area contributed by atoms with Crippen molar-refractivity contribution in [2.24, 2.45) is 0 Å². The van der Waals surface area contributed by atoms with Gasteiger partial charge in [0.1, 0.15) is 5.54 Å². The molecule has 1 aliphatic heterocycles. The number of hydrogen-bond acceptors (Lipinski definition) is 5. The van der Waals surface area contributed by atoms with E-state index in [0.717, 1.165) is 71.1 Å². The van der Waals surface area contributed by atoms with E-state index in [2.05, 4.69) is 21.2 Å². The van der Waals surface area contributed by atoms with E-state index < -0.39 is 5.54 Å². The van der Waals surface area contributed by atoms with Gasteiger partial charge in [0.05, 0.1) is 18.7 Å². The lowest BCUT2D eigenvalue weighted by Crippen LogP contribution is -2.57. The number of piperazine rings is 1. The third-order valence-electron chi connectivity index (χ3n) is 6.52. The molecule has 2 amide bonds. The Morgan fingerprint density at radius 1 is 1.19 bits per heavy atom. The molecule has 1 unspecified atom stereocenters. The van der Waals surface area contributed by atoms with Gasteiger partial charge in [0.15, 0.2) is 0 Å². The second-order valence-corrected chi connectivity index (χ2v) is 8.43. The summed E-state index contributed by atoms with van der Waals surface area (Å²) in [5.41, 5.74) is -0.618. The molecular weight excluding hydrogens is 342 g/mol. The molecule has 1 N–H and O–H groups in total. The Balaban J connectivity index is 1.46. The first-order valence-corrected chi connectivity index (χ1v) is 10.4. The summed E-state index contributed by atoms with van der Waals surface area (Å²) in [5.74, 6) is 0.154. The highest BCUT2D eigenvalue weighted by molar-refractivity contribution is 5.82. The maximum atomic E-state index is 12.8. The predicted octanol–water partition coefficient (Wildman–Crippen LogP) is 0.956. The van der Waals surface area contributed by atoms with Gasteiger partial charge in [0.25, 0.3) is 0 Å². The molecule has 2 aliphatic carbocycles. The number of amides is 2. The number of carbonyl (C=O) groups is 2. The van der Waals surface area contributed by atoms with Gasteiger partial charge in [-0.15, -0.1) is 0 Å². The monoisotopic (exact) mass is 375 g/mol. The van der Waals surface area contributed by atoms with Crippen LogP contribution in [0.2, 0.25) is 0 Å². The molecule has 7 heteroatoms. The van der Waals surface area contributed by atoms with Gasteiger partial charge in [0.2, 0.25) is 11.8 Å². The quantitative estimate of drug-likeness (QED) is 0.748. The van der Waals surface area contributed by atoms with Crippen molar-refractivity contribution in [1.29, 1.82) is 5.26 Å². The van der Waals surface area contributed by atoms with E-state index in [4.69, 9.17) is 0 Å². The van der Waals surface area contributed by atoms with E-state index in [1.165, 1.54) is 0 Å². The summed E-state index contributed by atoms with van der Waals surface area (Å²) >= 11 is 0. The number of nitrogens with one attached hydrogen (secondary N) is 1. The number of carbonyl (C=O) groups excluding carboxylic acids is 2. The first kappa shape index (κ1) is 20.1. The second-order valence-electron chi connectivity index (χ2n) is 8.43. The Bertz CT molecular complexity index is 584. The molecule has 0 aromatic heterocycles. The molecule has 0 aromatic carbocycles. The van der Waals surface area contributed by atoms with Crippen LogP contribution >= 0.6 is 0 Å². The topological polar surface area (TPSA) is 79.7 Å². The van der Waals surface area contributed by atoms with Crippen molar-refractivity contribution >= 4 is 11.8 Å². The minimum absolute atomic E-state index is 0.0337. The van der Waals surface area contributed by atoms with Crippen LogP contribution in [0, 0.1) is 11.3 Å². The summed E-state index contributed by atoms with van der Waals surface area (Å²) < 4.78 is 0. The average Bonchev–Trinajstić information content (AvgIpc) is 3.51. The fourth-order valence-corrected chi connectivity index (χ4v) is 4.22. The lowest BCUT2D eigenvalue weighted by molar-refractivity contribution is -0.137. The summed E-state index contributed by atoms with van der Waals surface area (Å²) in [6, 6.07) is 2.70. The Morgan fingerprint density at radius 2 is 1.81 bits per heavy atom. The largest absolute Gasteiger partial charge is 0.352 e. The molecular formula is C20H33N5O2. The molecule has 0 radical (unpaired) electrons. The minimum atomic E-state index is -0.618. The number of hydrogen-bond donors (Lipinski definition) is 1. The highest BCUT2D eigenvalue weighted by Gasteiger charge is 2.39. The number of rotatable bonds is 6. The van der Waals surface area contributed by atoms with E-state index in [1.54, 1.807) is 11.9 Å². The van der Waals surface area contributed by atoms with Crippen LogP contribution in [0.15, 0.2) is 0 Å². The van der Waals surface area contributed by atoms with Gasteiger partial charge in [-0.3, -0.25) is 19.4 Å². The highest BCUT2D eigenvalue weighted by atomic mass is 16.2. The van der Waals surface area contributed by atoms with Gasteiger partial charge in [-0.2, -0.15) is 5.26 Å². The van der Waals surface area contributed by atoms with Gasteiger partial charge in [-0.1, -0.05) is 19.3 Å². The van der Waals surface area contributed by atoms with Crippen LogP contribution in [0.1, 0.15) is 51.9 Å². The Hall–Kier alpha value is -1.65. The molecule has 0 aromatic rings. The average molecular weight is 376 g/mol. The van der Waals surface area contributed by atoms with Crippen molar-refractivity contribution in [2.45, 2.75) is 69.5 Å². The Labute approximate surface area is 162 Å². The second kappa shape index (κ2) is 8.57. The first-order chi connectivity index (χ1) is 12.9. The van der Waals surface area contributed by atoms with Crippen molar-refractivity contribution < 1.29 is 9.59 Å². The highest BCUT2D eigenvalue weighted by Crippen LogP contribution is 2.32. The van der Waals surface area contributed by atoms with Gasteiger partial charge in [0, 0.05) is 39.3 Å². The van der Waals surface area contributed by atoms with Crippen LogP contribution in [0.4, 0.5) is 0 Å². The fraction of sp³-hybridized carbons (Fsp3) is 0.850. The third kappa shape index (κ3) is 4.80. The van der Waals surface area contributed by atoms with E-state index in [1.807, 2.05) is 6.92 Å². The normalized spacial score (nSPS) is 24.6. The summed E-state index contributed by atoms with van der Waals surface area (Å²) in [4.78, 5) is 31.0. The van der Waals surface area contributed by atoms with Crippen LogP contribution in [-0.2, 0) is 9.59 Å². The Morgan fingerprint density at radius 3 is 2.37 bits per heavy atom. The number of likely N-dealkylation sites (N-methyl/N-ethyl adjacent to an activating group) is 1. The van der Waals surface area contributed by atoms with E-state index >= 15 is 0 Å². The minimum Gasteiger partial charge on any atom is -0.352 e. The molecule has 0 spiro atoms. The summed E-state index contributed by atoms with van der Waals surface area (Å²) in [7, 11) is 1.79. The van der Waals surface area contributed by atoms with E-state index in [-0.39, 0.29) is 17.9 Å². The van der Waals surface area contributed by atoms with E-state index in [0.29, 0.717) is 12.6 Å². The number of nitriles is 1. The van der Waals surface area contributed by atoms with E-state index in [9.17, 15) is 14.9 Å². The Kier molecular flexibility index (Phi) is 6.38. The lowest BCUT2D eigenvalue weighted by Gasteiger charge is -2.41. The molecule has 3 fully saturated rings. The third-order valence-corrected chi connectivity index (χ3v) is 6.52. The molecule has 27 heavy (non-hydrogen) atoms. The summed E-state index contributed by atoms with van der Waals surface area (Å²) in [6.45, 7) is 5.46. The molecule has 3 aliphatic rings. The molecule has 1 saturated heterocycles. The lowest BCUT2D eigenvalue weighted by atomic mass is 9.81. The maximum Gasteiger partial charge on any atom is 0.237 e. The predicted molar refractivity (Wildman–Crippen MR) is 103 cm³/mol. The summed E-state index contributed by atoms with van der Waals surface area (Å²) in [6.07, 6.45) is 6.97. The molecule has 3 rings (SSSR count). The smallest absolute Gasteiger partial charge is 0.237 e. The van der Waals surface area contributed by atoms with Gasteiger partial charge < -0.3 is 10.2 Å². The number of nitrogens with zero attached hydrogens (tertiary/aromatic N) is 4. The zero-order valence-corrected chi connectivity index (χ0v) is 16.7. The van der Waals surface area contributed by atoms with Crippen molar-refractivity contribution in [3.63, 3.8) is 0 Å². The van der Waals surface area contributed by atoms with Crippen molar-refractivity contribution in [1.82, 2.24) is 20.0 Å². The van der Waals surface area contributed by atoms with Gasteiger partial charge in [-0.25, -0.2) is 0 Å². The van der Waals surface area contributed by atoms with Gasteiger partial charge >= 0.3 is 0 Å². The zero-order valence-electron chi connectivity index (χ0n) is 16.7. The van der Waals surface area contributed by atoms with Crippen LogP contribution in [0.3, 0.4) is 0 Å². The fourth-order valence-electron chi connectivity index (χ4n) is 4.22. The van der Waals surface area contributed by atoms with Crippen LogP contribution in [-0.4, -0.2) is 83.9 Å². The zero-order chi connectivity index (χ0) is 19.4. The standard InChI is InChI=1S/C20H33N5O2/c1-16(19(27)22-17-6-7-17)25-12-10-24(11-13-25)14-18(26)23(2)20(15-21)8-4-3-5-9-20/h16-17H,3-14H2,1-2H3,(H,22,27). The molecule has 1 atom stereocenters.